The van der Waals surface area contributed by atoms with Crippen LogP contribution in [0.2, 0.25) is 0 Å². The van der Waals surface area contributed by atoms with Gasteiger partial charge in [-0.2, -0.15) is 0 Å². The minimum atomic E-state index is -3.73. The van der Waals surface area contributed by atoms with Crippen LogP contribution in [0, 0.1) is 13.8 Å². The average molecular weight is 386 g/mol. The molecule has 4 rings (SSSR count). The van der Waals surface area contributed by atoms with Gasteiger partial charge in [0.15, 0.2) is 17.4 Å². The van der Waals surface area contributed by atoms with Crippen LogP contribution in [0.5, 0.6) is 11.5 Å². The summed E-state index contributed by atoms with van der Waals surface area (Å²) in [5.74, 6) is 2.39. The highest BCUT2D eigenvalue weighted by atomic mass is 32.2. The molecular weight excluding hydrogens is 368 g/mol. The van der Waals surface area contributed by atoms with Crippen LogP contribution in [-0.4, -0.2) is 26.6 Å². The molecular formula is C19H18N2O5S. The summed E-state index contributed by atoms with van der Waals surface area (Å²) in [6, 6.07) is 11.4. The second kappa shape index (κ2) is 6.62. The maximum atomic E-state index is 12.7. The fourth-order valence-electron chi connectivity index (χ4n) is 2.91. The Morgan fingerprint density at radius 2 is 1.67 bits per heavy atom. The van der Waals surface area contributed by atoms with Crippen LogP contribution in [0.15, 0.2) is 51.8 Å². The first-order valence-corrected chi connectivity index (χ1v) is 9.88. The third kappa shape index (κ3) is 3.48. The van der Waals surface area contributed by atoms with E-state index in [-0.39, 0.29) is 4.90 Å². The Hall–Kier alpha value is -3.00. The maximum Gasteiger partial charge on any atom is 0.261 e. The van der Waals surface area contributed by atoms with Gasteiger partial charge in [0.2, 0.25) is 0 Å². The summed E-state index contributed by atoms with van der Waals surface area (Å²) in [7, 11) is -3.73. The molecule has 140 valence electrons. The van der Waals surface area contributed by atoms with E-state index in [4.69, 9.17) is 13.9 Å². The molecule has 3 aromatic rings. The molecule has 27 heavy (non-hydrogen) atoms. The molecule has 1 aromatic heterocycles. The van der Waals surface area contributed by atoms with E-state index in [1.54, 1.807) is 49.4 Å². The minimum absolute atomic E-state index is 0.152. The van der Waals surface area contributed by atoms with E-state index in [2.05, 4.69) is 9.71 Å². The number of rotatable bonds is 4. The fourth-order valence-corrected chi connectivity index (χ4v) is 3.96. The second-order valence-electron chi connectivity index (χ2n) is 6.13. The molecule has 0 unspecified atom stereocenters. The summed E-state index contributed by atoms with van der Waals surface area (Å²) in [5.41, 5.74) is 1.91. The largest absolute Gasteiger partial charge is 0.486 e. The van der Waals surface area contributed by atoms with Gasteiger partial charge >= 0.3 is 0 Å². The Kier molecular flexibility index (Phi) is 4.27. The van der Waals surface area contributed by atoms with Crippen molar-refractivity contribution in [2.75, 3.05) is 17.9 Å². The first-order valence-electron chi connectivity index (χ1n) is 8.39. The van der Waals surface area contributed by atoms with Gasteiger partial charge in [0.1, 0.15) is 24.7 Å². The Labute approximate surface area is 157 Å². The Morgan fingerprint density at radius 3 is 2.33 bits per heavy atom. The van der Waals surface area contributed by atoms with Gasteiger partial charge in [-0.1, -0.05) is 12.1 Å². The lowest BCUT2D eigenvalue weighted by Crippen LogP contribution is -2.16. The molecule has 0 saturated carbocycles. The van der Waals surface area contributed by atoms with E-state index in [0.29, 0.717) is 47.7 Å². The zero-order chi connectivity index (χ0) is 19.0. The average Bonchev–Trinajstić information content (AvgIpc) is 2.99. The second-order valence-corrected chi connectivity index (χ2v) is 7.81. The van der Waals surface area contributed by atoms with Gasteiger partial charge in [0, 0.05) is 18.6 Å². The molecule has 2 heterocycles. The van der Waals surface area contributed by atoms with Gasteiger partial charge in [-0.05, 0) is 31.2 Å². The van der Waals surface area contributed by atoms with Crippen molar-refractivity contribution < 1.29 is 22.3 Å². The summed E-state index contributed by atoms with van der Waals surface area (Å²) in [6.45, 7) is 4.51. The van der Waals surface area contributed by atoms with Crippen molar-refractivity contribution in [3.05, 3.63) is 54.1 Å². The molecule has 1 N–H and O–H groups in total. The number of oxazole rings is 1. The number of fused-ring (bicyclic) bond motifs is 1. The number of nitrogens with one attached hydrogen (secondary N) is 1. The molecule has 0 atom stereocenters. The Bertz CT molecular complexity index is 1090. The molecule has 7 nitrogen and oxygen atoms in total. The standard InChI is InChI=1S/C19H18N2O5S/c1-12-19(20-13(2)26-12)14-3-6-16(7-4-14)27(22,23)21-15-5-8-17-18(11-15)25-10-9-24-17/h3-8,11,21H,9-10H2,1-2H3. The number of anilines is 1. The van der Waals surface area contributed by atoms with E-state index in [1.165, 1.54) is 0 Å². The van der Waals surface area contributed by atoms with Crippen LogP contribution in [0.4, 0.5) is 5.69 Å². The monoisotopic (exact) mass is 386 g/mol. The van der Waals surface area contributed by atoms with E-state index in [1.807, 2.05) is 6.92 Å². The van der Waals surface area contributed by atoms with Crippen LogP contribution < -0.4 is 14.2 Å². The van der Waals surface area contributed by atoms with Gasteiger partial charge < -0.3 is 13.9 Å². The minimum Gasteiger partial charge on any atom is -0.486 e. The molecule has 1 aliphatic heterocycles. The number of nitrogens with zero attached hydrogens (tertiary/aromatic N) is 1. The Balaban J connectivity index is 1.58. The summed E-state index contributed by atoms with van der Waals surface area (Å²) in [4.78, 5) is 4.48. The summed E-state index contributed by atoms with van der Waals surface area (Å²) in [6.07, 6.45) is 0. The molecule has 0 amide bonds. The fraction of sp³-hybridized carbons (Fsp3) is 0.211. The predicted octanol–water partition coefficient (Wildman–Crippen LogP) is 3.53. The van der Waals surface area contributed by atoms with Crippen molar-refractivity contribution in [1.29, 1.82) is 0 Å². The van der Waals surface area contributed by atoms with Crippen LogP contribution in [0.25, 0.3) is 11.3 Å². The normalized spacial score (nSPS) is 13.4. The predicted molar refractivity (Wildman–Crippen MR) is 99.7 cm³/mol. The lowest BCUT2D eigenvalue weighted by Gasteiger charge is -2.19. The zero-order valence-electron chi connectivity index (χ0n) is 14.9. The molecule has 0 aliphatic carbocycles. The number of sulfonamides is 1. The quantitative estimate of drug-likeness (QED) is 0.738. The summed E-state index contributed by atoms with van der Waals surface area (Å²) >= 11 is 0. The number of hydrogen-bond donors (Lipinski definition) is 1. The van der Waals surface area contributed by atoms with Crippen molar-refractivity contribution in [2.45, 2.75) is 18.7 Å². The number of aryl methyl sites for hydroxylation is 2. The molecule has 0 bridgehead atoms. The Morgan fingerprint density at radius 1 is 0.963 bits per heavy atom. The maximum absolute atomic E-state index is 12.7. The van der Waals surface area contributed by atoms with E-state index >= 15 is 0 Å². The van der Waals surface area contributed by atoms with Gasteiger partial charge in [0.05, 0.1) is 10.6 Å². The first kappa shape index (κ1) is 17.4. The molecule has 0 fully saturated rings. The van der Waals surface area contributed by atoms with Crippen LogP contribution in [0.1, 0.15) is 11.7 Å². The first-order chi connectivity index (χ1) is 12.9. The van der Waals surface area contributed by atoms with Crippen molar-refractivity contribution in [3.63, 3.8) is 0 Å². The third-order valence-electron chi connectivity index (χ3n) is 4.14. The number of ether oxygens (including phenoxy) is 2. The van der Waals surface area contributed by atoms with Gasteiger partial charge in [-0.3, -0.25) is 4.72 Å². The van der Waals surface area contributed by atoms with Gasteiger partial charge in [-0.15, -0.1) is 0 Å². The topological polar surface area (TPSA) is 90.7 Å². The third-order valence-corrected chi connectivity index (χ3v) is 5.53. The summed E-state index contributed by atoms with van der Waals surface area (Å²) < 4.78 is 44.3. The van der Waals surface area contributed by atoms with Crippen molar-refractivity contribution in [3.8, 4) is 22.8 Å². The smallest absolute Gasteiger partial charge is 0.261 e. The number of hydrogen-bond acceptors (Lipinski definition) is 6. The highest BCUT2D eigenvalue weighted by Crippen LogP contribution is 2.33. The zero-order valence-corrected chi connectivity index (χ0v) is 15.7. The summed E-state index contributed by atoms with van der Waals surface area (Å²) in [5, 5.41) is 0. The molecule has 2 aromatic carbocycles. The highest BCUT2D eigenvalue weighted by molar-refractivity contribution is 7.92. The van der Waals surface area contributed by atoms with Crippen molar-refractivity contribution in [2.24, 2.45) is 0 Å². The van der Waals surface area contributed by atoms with Crippen LogP contribution >= 0.6 is 0 Å². The lowest BCUT2D eigenvalue weighted by molar-refractivity contribution is 0.171. The SMILES string of the molecule is Cc1nc(-c2ccc(S(=O)(=O)Nc3ccc4c(c3)OCCO4)cc2)c(C)o1. The molecule has 0 saturated heterocycles. The van der Waals surface area contributed by atoms with Crippen LogP contribution in [-0.2, 0) is 10.0 Å². The number of benzene rings is 2. The highest BCUT2D eigenvalue weighted by Gasteiger charge is 2.18. The molecule has 8 heteroatoms. The molecule has 0 spiro atoms. The van der Waals surface area contributed by atoms with E-state index < -0.39 is 10.0 Å². The van der Waals surface area contributed by atoms with E-state index in [9.17, 15) is 8.42 Å². The lowest BCUT2D eigenvalue weighted by atomic mass is 10.1. The number of aromatic nitrogens is 1. The van der Waals surface area contributed by atoms with Gasteiger partial charge in [-0.25, -0.2) is 13.4 Å². The van der Waals surface area contributed by atoms with Gasteiger partial charge in [0.25, 0.3) is 10.0 Å². The molecule has 1 aliphatic rings. The van der Waals surface area contributed by atoms with Crippen LogP contribution in [0.3, 0.4) is 0 Å². The van der Waals surface area contributed by atoms with Crippen molar-refractivity contribution >= 4 is 15.7 Å². The molecule has 0 radical (unpaired) electrons. The van der Waals surface area contributed by atoms with Crippen molar-refractivity contribution in [1.82, 2.24) is 4.98 Å². The van der Waals surface area contributed by atoms with E-state index in [0.717, 1.165) is 5.56 Å².